The summed E-state index contributed by atoms with van der Waals surface area (Å²) < 4.78 is 15.8. The van der Waals surface area contributed by atoms with Gasteiger partial charge in [0.1, 0.15) is 5.75 Å². The number of nitrogens with one attached hydrogen (secondary N) is 1. The van der Waals surface area contributed by atoms with Gasteiger partial charge >= 0.3 is 0 Å². The minimum absolute atomic E-state index is 0.233. The molecule has 1 fully saturated rings. The van der Waals surface area contributed by atoms with Gasteiger partial charge in [0.05, 0.1) is 20.3 Å². The molecule has 1 amide bonds. The van der Waals surface area contributed by atoms with Crippen molar-refractivity contribution >= 4 is 5.91 Å². The molecule has 1 aromatic heterocycles. The number of benzene rings is 1. The summed E-state index contributed by atoms with van der Waals surface area (Å²) in [5.74, 6) is 1.08. The Hall–Kier alpha value is -2.38. The summed E-state index contributed by atoms with van der Waals surface area (Å²) in [5, 5.41) is 6.79. The van der Waals surface area contributed by atoms with E-state index in [0.717, 1.165) is 37.6 Å². The highest BCUT2D eigenvalue weighted by Gasteiger charge is 2.19. The first-order valence-corrected chi connectivity index (χ1v) is 8.38. The summed E-state index contributed by atoms with van der Waals surface area (Å²) in [6, 6.07) is 9.30. The van der Waals surface area contributed by atoms with E-state index >= 15 is 0 Å². The van der Waals surface area contributed by atoms with Crippen molar-refractivity contribution in [2.24, 2.45) is 0 Å². The summed E-state index contributed by atoms with van der Waals surface area (Å²) in [5.41, 5.74) is 1.12. The van der Waals surface area contributed by atoms with Crippen LogP contribution < -0.4 is 10.1 Å². The van der Waals surface area contributed by atoms with Crippen molar-refractivity contribution in [2.75, 3.05) is 40.0 Å². The molecule has 7 heteroatoms. The van der Waals surface area contributed by atoms with Crippen molar-refractivity contribution in [3.63, 3.8) is 0 Å². The zero-order chi connectivity index (χ0) is 17.6. The Morgan fingerprint density at radius 3 is 2.72 bits per heavy atom. The van der Waals surface area contributed by atoms with E-state index in [1.807, 2.05) is 24.3 Å². The second kappa shape index (κ2) is 8.13. The fourth-order valence-corrected chi connectivity index (χ4v) is 2.75. The zero-order valence-electron chi connectivity index (χ0n) is 14.5. The number of nitrogens with zero attached hydrogens (tertiary/aromatic N) is 2. The van der Waals surface area contributed by atoms with Crippen LogP contribution in [0.1, 0.15) is 17.4 Å². The van der Waals surface area contributed by atoms with Crippen LogP contribution in [0.4, 0.5) is 0 Å². The van der Waals surface area contributed by atoms with E-state index in [2.05, 4.69) is 22.3 Å². The molecule has 1 aliphatic rings. The SMILES string of the molecule is COc1ccc(-c2cc(C(=O)NCC(C)N3CCOCC3)no2)cc1. The van der Waals surface area contributed by atoms with Crippen molar-refractivity contribution < 1.29 is 18.8 Å². The van der Waals surface area contributed by atoms with Gasteiger partial charge in [-0.1, -0.05) is 5.16 Å². The Kier molecular flexibility index (Phi) is 5.67. The van der Waals surface area contributed by atoms with E-state index in [1.54, 1.807) is 13.2 Å². The predicted octanol–water partition coefficient (Wildman–Crippen LogP) is 1.80. The molecular formula is C18H23N3O4. The number of carbonyl (C=O) groups is 1. The lowest BCUT2D eigenvalue weighted by atomic mass is 10.1. The average molecular weight is 345 g/mol. The third kappa shape index (κ3) is 4.37. The highest BCUT2D eigenvalue weighted by Crippen LogP contribution is 2.23. The number of amides is 1. The molecule has 1 N–H and O–H groups in total. The molecule has 0 spiro atoms. The summed E-state index contributed by atoms with van der Waals surface area (Å²) in [6.07, 6.45) is 0. The Labute approximate surface area is 146 Å². The summed E-state index contributed by atoms with van der Waals surface area (Å²) in [6.45, 7) is 5.92. The molecule has 3 rings (SSSR count). The van der Waals surface area contributed by atoms with Gasteiger partial charge in [0.25, 0.3) is 5.91 Å². The van der Waals surface area contributed by atoms with Crippen LogP contribution >= 0.6 is 0 Å². The monoisotopic (exact) mass is 345 g/mol. The van der Waals surface area contributed by atoms with Gasteiger partial charge in [0.2, 0.25) is 0 Å². The first kappa shape index (κ1) is 17.4. The minimum Gasteiger partial charge on any atom is -0.497 e. The normalized spacial score (nSPS) is 16.4. The lowest BCUT2D eigenvalue weighted by Gasteiger charge is -2.32. The highest BCUT2D eigenvalue weighted by atomic mass is 16.5. The van der Waals surface area contributed by atoms with Crippen LogP contribution in [0, 0.1) is 0 Å². The average Bonchev–Trinajstić information content (AvgIpc) is 3.17. The molecule has 7 nitrogen and oxygen atoms in total. The quantitative estimate of drug-likeness (QED) is 0.860. The Morgan fingerprint density at radius 1 is 1.32 bits per heavy atom. The van der Waals surface area contributed by atoms with Crippen LogP contribution in [-0.4, -0.2) is 62.0 Å². The molecule has 1 unspecified atom stereocenters. The standard InChI is InChI=1S/C18H23N3O4/c1-13(21-7-9-24-10-8-21)12-19-18(22)16-11-17(25-20-16)14-3-5-15(23-2)6-4-14/h3-6,11,13H,7-10,12H2,1-2H3,(H,19,22). The molecule has 1 aromatic carbocycles. The maximum absolute atomic E-state index is 12.3. The van der Waals surface area contributed by atoms with Gasteiger partial charge in [-0.15, -0.1) is 0 Å². The van der Waals surface area contributed by atoms with Crippen LogP contribution in [0.5, 0.6) is 5.75 Å². The van der Waals surface area contributed by atoms with E-state index < -0.39 is 0 Å². The van der Waals surface area contributed by atoms with Crippen LogP contribution in [-0.2, 0) is 4.74 Å². The Bertz CT molecular complexity index is 693. The van der Waals surface area contributed by atoms with Gasteiger partial charge in [-0.05, 0) is 31.2 Å². The molecule has 0 bridgehead atoms. The van der Waals surface area contributed by atoms with Crippen molar-refractivity contribution in [2.45, 2.75) is 13.0 Å². The zero-order valence-corrected chi connectivity index (χ0v) is 14.5. The van der Waals surface area contributed by atoms with E-state index in [4.69, 9.17) is 14.0 Å². The van der Waals surface area contributed by atoms with Gasteiger partial charge in [-0.25, -0.2) is 0 Å². The maximum Gasteiger partial charge on any atom is 0.273 e. The summed E-state index contributed by atoms with van der Waals surface area (Å²) in [4.78, 5) is 14.6. The maximum atomic E-state index is 12.3. The largest absolute Gasteiger partial charge is 0.497 e. The molecule has 134 valence electrons. The smallest absolute Gasteiger partial charge is 0.273 e. The van der Waals surface area contributed by atoms with Crippen LogP contribution in [0.25, 0.3) is 11.3 Å². The van der Waals surface area contributed by atoms with Gasteiger partial charge in [0.15, 0.2) is 11.5 Å². The number of ether oxygens (including phenoxy) is 2. The van der Waals surface area contributed by atoms with Crippen LogP contribution in [0.15, 0.2) is 34.9 Å². The molecule has 1 atom stereocenters. The van der Waals surface area contributed by atoms with Gasteiger partial charge in [-0.2, -0.15) is 0 Å². The van der Waals surface area contributed by atoms with Crippen LogP contribution in [0.2, 0.25) is 0 Å². The van der Waals surface area contributed by atoms with E-state index in [-0.39, 0.29) is 17.6 Å². The number of aromatic nitrogens is 1. The lowest BCUT2D eigenvalue weighted by molar-refractivity contribution is 0.0204. The fourth-order valence-electron chi connectivity index (χ4n) is 2.75. The predicted molar refractivity (Wildman–Crippen MR) is 92.7 cm³/mol. The second-order valence-corrected chi connectivity index (χ2v) is 6.01. The lowest BCUT2D eigenvalue weighted by Crippen LogP contribution is -2.47. The third-order valence-electron chi connectivity index (χ3n) is 4.34. The van der Waals surface area contributed by atoms with Crippen molar-refractivity contribution in [3.05, 3.63) is 36.0 Å². The molecule has 1 aliphatic heterocycles. The Balaban J connectivity index is 1.56. The molecule has 2 aromatic rings. The van der Waals surface area contributed by atoms with Crippen molar-refractivity contribution in [1.29, 1.82) is 0 Å². The van der Waals surface area contributed by atoms with E-state index in [9.17, 15) is 4.79 Å². The molecule has 0 aliphatic carbocycles. The number of rotatable bonds is 6. The molecule has 2 heterocycles. The van der Waals surface area contributed by atoms with Gasteiger partial charge in [0, 0.05) is 37.3 Å². The molecular weight excluding hydrogens is 322 g/mol. The number of methoxy groups -OCH3 is 1. The Morgan fingerprint density at radius 2 is 2.04 bits per heavy atom. The summed E-state index contributed by atoms with van der Waals surface area (Å²) >= 11 is 0. The van der Waals surface area contributed by atoms with E-state index in [0.29, 0.717) is 12.3 Å². The first-order valence-electron chi connectivity index (χ1n) is 8.38. The molecule has 0 radical (unpaired) electrons. The van der Waals surface area contributed by atoms with Crippen LogP contribution in [0.3, 0.4) is 0 Å². The number of carbonyl (C=O) groups excluding carboxylic acids is 1. The number of hydrogen-bond donors (Lipinski definition) is 1. The van der Waals surface area contributed by atoms with Gasteiger partial charge in [-0.3, -0.25) is 9.69 Å². The number of hydrogen-bond acceptors (Lipinski definition) is 6. The first-order chi connectivity index (χ1) is 12.2. The summed E-state index contributed by atoms with van der Waals surface area (Å²) in [7, 11) is 1.61. The fraction of sp³-hybridized carbons (Fsp3) is 0.444. The van der Waals surface area contributed by atoms with E-state index in [1.165, 1.54) is 0 Å². The molecule has 25 heavy (non-hydrogen) atoms. The molecule has 0 saturated carbocycles. The highest BCUT2D eigenvalue weighted by molar-refractivity contribution is 5.93. The second-order valence-electron chi connectivity index (χ2n) is 6.01. The van der Waals surface area contributed by atoms with Crippen molar-refractivity contribution in [3.8, 4) is 17.1 Å². The van der Waals surface area contributed by atoms with Crippen molar-refractivity contribution in [1.82, 2.24) is 15.4 Å². The number of morpholine rings is 1. The minimum atomic E-state index is -0.233. The topological polar surface area (TPSA) is 76.8 Å². The van der Waals surface area contributed by atoms with Gasteiger partial charge < -0.3 is 19.3 Å². The molecule has 1 saturated heterocycles. The third-order valence-corrected chi connectivity index (χ3v) is 4.34.